The highest BCUT2D eigenvalue weighted by Crippen LogP contribution is 2.39. The molecule has 2 aromatic rings. The first-order chi connectivity index (χ1) is 13.6. The molecule has 0 bridgehead atoms. The number of hydrogen-bond acceptors (Lipinski definition) is 4. The number of halogens is 2. The molecule has 166 valence electrons. The standard InChI is InChI=1S/C24H32N2O2.2ClH/c1-24(2)18-28-23(21-6-4-5-7-22(21)24)12-13-25-14-16-26(17-15-25)19-8-10-20(27-3)11-9-19;;/h4-11,23H,12-18H2,1-3H3;2*1H. The third-order valence-corrected chi connectivity index (χ3v) is 6.20. The van der Waals surface area contributed by atoms with E-state index in [4.69, 9.17) is 9.47 Å². The van der Waals surface area contributed by atoms with Gasteiger partial charge in [0, 0.05) is 43.8 Å². The van der Waals surface area contributed by atoms with Gasteiger partial charge in [0.05, 0.1) is 19.8 Å². The van der Waals surface area contributed by atoms with Crippen molar-refractivity contribution in [3.8, 4) is 5.75 Å². The van der Waals surface area contributed by atoms with Crippen LogP contribution in [0.4, 0.5) is 5.69 Å². The molecule has 0 saturated carbocycles. The van der Waals surface area contributed by atoms with Crippen LogP contribution in [0.3, 0.4) is 0 Å². The maximum Gasteiger partial charge on any atom is 0.119 e. The lowest BCUT2D eigenvalue weighted by Crippen LogP contribution is -2.47. The largest absolute Gasteiger partial charge is 0.497 e. The number of piperazine rings is 1. The topological polar surface area (TPSA) is 24.9 Å². The maximum absolute atomic E-state index is 6.27. The van der Waals surface area contributed by atoms with Crippen LogP contribution in [-0.4, -0.2) is 51.3 Å². The summed E-state index contributed by atoms with van der Waals surface area (Å²) in [6.07, 6.45) is 1.29. The van der Waals surface area contributed by atoms with Crippen LogP contribution < -0.4 is 9.64 Å². The minimum Gasteiger partial charge on any atom is -0.497 e. The van der Waals surface area contributed by atoms with Gasteiger partial charge in [0.1, 0.15) is 5.75 Å². The summed E-state index contributed by atoms with van der Waals surface area (Å²) in [7, 11) is 1.71. The van der Waals surface area contributed by atoms with Crippen LogP contribution in [0.1, 0.15) is 37.5 Å². The molecule has 0 N–H and O–H groups in total. The monoisotopic (exact) mass is 452 g/mol. The van der Waals surface area contributed by atoms with E-state index in [0.29, 0.717) is 0 Å². The van der Waals surface area contributed by atoms with E-state index < -0.39 is 0 Å². The molecule has 1 fully saturated rings. The summed E-state index contributed by atoms with van der Waals surface area (Å²) in [6, 6.07) is 17.2. The molecular weight excluding hydrogens is 419 g/mol. The fourth-order valence-electron chi connectivity index (χ4n) is 4.43. The molecule has 2 aliphatic heterocycles. The van der Waals surface area contributed by atoms with Crippen LogP contribution in [0, 0.1) is 0 Å². The van der Waals surface area contributed by atoms with E-state index in [-0.39, 0.29) is 36.3 Å². The molecule has 2 aromatic carbocycles. The van der Waals surface area contributed by atoms with Gasteiger partial charge in [-0.15, -0.1) is 24.8 Å². The molecule has 0 spiro atoms. The molecule has 2 heterocycles. The molecule has 0 aliphatic carbocycles. The van der Waals surface area contributed by atoms with E-state index in [1.807, 2.05) is 12.1 Å². The first-order valence-corrected chi connectivity index (χ1v) is 10.4. The summed E-state index contributed by atoms with van der Waals surface area (Å²) in [5.41, 5.74) is 4.23. The van der Waals surface area contributed by atoms with Crippen molar-refractivity contribution < 1.29 is 9.47 Å². The normalized spacial score (nSPS) is 20.5. The zero-order valence-corrected chi connectivity index (χ0v) is 19.8. The van der Waals surface area contributed by atoms with Crippen molar-refractivity contribution >= 4 is 30.5 Å². The Morgan fingerprint density at radius 1 is 0.967 bits per heavy atom. The Morgan fingerprint density at radius 3 is 2.30 bits per heavy atom. The average Bonchev–Trinajstić information content (AvgIpc) is 2.74. The molecule has 4 nitrogen and oxygen atoms in total. The lowest BCUT2D eigenvalue weighted by Gasteiger charge is -2.39. The molecule has 30 heavy (non-hydrogen) atoms. The summed E-state index contributed by atoms with van der Waals surface area (Å²) >= 11 is 0. The van der Waals surface area contributed by atoms with Crippen molar-refractivity contribution in [3.05, 3.63) is 59.7 Å². The number of benzene rings is 2. The van der Waals surface area contributed by atoms with Crippen molar-refractivity contribution in [3.63, 3.8) is 0 Å². The second-order valence-electron chi connectivity index (χ2n) is 8.59. The summed E-state index contributed by atoms with van der Waals surface area (Å²) < 4.78 is 11.5. The molecule has 1 atom stereocenters. The number of hydrogen-bond donors (Lipinski definition) is 0. The fourth-order valence-corrected chi connectivity index (χ4v) is 4.43. The minimum atomic E-state index is 0. The number of ether oxygens (including phenoxy) is 2. The van der Waals surface area contributed by atoms with Gasteiger partial charge in [-0.2, -0.15) is 0 Å². The summed E-state index contributed by atoms with van der Waals surface area (Å²) in [5, 5.41) is 0. The zero-order chi connectivity index (χ0) is 19.6. The van der Waals surface area contributed by atoms with E-state index >= 15 is 0 Å². The van der Waals surface area contributed by atoms with Gasteiger partial charge < -0.3 is 14.4 Å². The number of fused-ring (bicyclic) bond motifs is 1. The van der Waals surface area contributed by atoms with Gasteiger partial charge in [-0.1, -0.05) is 38.1 Å². The highest BCUT2D eigenvalue weighted by atomic mass is 35.5. The number of rotatable bonds is 5. The molecule has 2 aliphatic rings. The van der Waals surface area contributed by atoms with E-state index in [0.717, 1.165) is 51.5 Å². The molecule has 1 saturated heterocycles. The van der Waals surface area contributed by atoms with Crippen LogP contribution in [0.25, 0.3) is 0 Å². The van der Waals surface area contributed by atoms with E-state index in [2.05, 4.69) is 60.0 Å². The van der Waals surface area contributed by atoms with Gasteiger partial charge in [0.15, 0.2) is 0 Å². The third-order valence-electron chi connectivity index (χ3n) is 6.20. The van der Waals surface area contributed by atoms with E-state index in [9.17, 15) is 0 Å². The Hall–Kier alpha value is -1.46. The predicted octanol–water partition coefficient (Wildman–Crippen LogP) is 5.10. The Bertz CT molecular complexity index is 790. The number of methoxy groups -OCH3 is 1. The Labute approximate surface area is 193 Å². The Balaban J connectivity index is 0.00000160. The molecule has 0 aromatic heterocycles. The molecular formula is C24H34Cl2N2O2. The van der Waals surface area contributed by atoms with Crippen molar-refractivity contribution in [1.82, 2.24) is 4.90 Å². The first kappa shape index (κ1) is 24.8. The predicted molar refractivity (Wildman–Crippen MR) is 129 cm³/mol. The van der Waals surface area contributed by atoms with Crippen molar-refractivity contribution in [2.45, 2.75) is 31.8 Å². The number of anilines is 1. The molecule has 1 unspecified atom stereocenters. The smallest absolute Gasteiger partial charge is 0.119 e. The van der Waals surface area contributed by atoms with Gasteiger partial charge in [-0.05, 0) is 41.8 Å². The van der Waals surface area contributed by atoms with Gasteiger partial charge in [-0.25, -0.2) is 0 Å². The van der Waals surface area contributed by atoms with Crippen LogP contribution in [-0.2, 0) is 10.2 Å². The van der Waals surface area contributed by atoms with Gasteiger partial charge >= 0.3 is 0 Å². The summed E-state index contributed by atoms with van der Waals surface area (Å²) in [5.74, 6) is 0.915. The SMILES string of the molecule is COc1ccc(N2CCN(CCC3OCC(C)(C)c4ccccc43)CC2)cc1.Cl.Cl. The summed E-state index contributed by atoms with van der Waals surface area (Å²) in [4.78, 5) is 5.04. The third kappa shape index (κ3) is 5.42. The lowest BCUT2D eigenvalue weighted by atomic mass is 9.78. The molecule has 6 heteroatoms. The van der Waals surface area contributed by atoms with Crippen LogP contribution in [0.15, 0.2) is 48.5 Å². The highest BCUT2D eigenvalue weighted by molar-refractivity contribution is 5.85. The van der Waals surface area contributed by atoms with E-state index in [1.54, 1.807) is 7.11 Å². The average molecular weight is 453 g/mol. The molecule has 4 rings (SSSR count). The molecule has 0 amide bonds. The van der Waals surface area contributed by atoms with Crippen molar-refractivity contribution in [1.29, 1.82) is 0 Å². The second-order valence-corrected chi connectivity index (χ2v) is 8.59. The number of nitrogens with zero attached hydrogens (tertiary/aromatic N) is 2. The Kier molecular flexibility index (Phi) is 8.86. The zero-order valence-electron chi connectivity index (χ0n) is 18.2. The van der Waals surface area contributed by atoms with Crippen LogP contribution in [0.2, 0.25) is 0 Å². The van der Waals surface area contributed by atoms with Gasteiger partial charge in [-0.3, -0.25) is 4.90 Å². The minimum absolute atomic E-state index is 0. The quantitative estimate of drug-likeness (QED) is 0.629. The lowest BCUT2D eigenvalue weighted by molar-refractivity contribution is -0.00324. The summed E-state index contributed by atoms with van der Waals surface area (Å²) in [6.45, 7) is 10.8. The highest BCUT2D eigenvalue weighted by Gasteiger charge is 2.33. The van der Waals surface area contributed by atoms with E-state index in [1.165, 1.54) is 16.8 Å². The Morgan fingerprint density at radius 2 is 1.63 bits per heavy atom. The van der Waals surface area contributed by atoms with Gasteiger partial charge in [0.2, 0.25) is 0 Å². The molecule has 0 radical (unpaired) electrons. The van der Waals surface area contributed by atoms with Crippen LogP contribution >= 0.6 is 24.8 Å². The van der Waals surface area contributed by atoms with Crippen LogP contribution in [0.5, 0.6) is 5.75 Å². The van der Waals surface area contributed by atoms with Crippen molar-refractivity contribution in [2.75, 3.05) is 51.3 Å². The maximum atomic E-state index is 6.27. The van der Waals surface area contributed by atoms with Gasteiger partial charge in [0.25, 0.3) is 0 Å². The first-order valence-electron chi connectivity index (χ1n) is 10.4. The second kappa shape index (κ2) is 10.7. The van der Waals surface area contributed by atoms with Crippen molar-refractivity contribution in [2.24, 2.45) is 0 Å². The fraction of sp³-hybridized carbons (Fsp3) is 0.500.